The number of aryl methyl sites for hydroxylation is 1. The van der Waals surface area contributed by atoms with Crippen molar-refractivity contribution in [2.45, 2.75) is 26.9 Å². The standard InChI is InChI=1S/C23H24N2O2/c1-16(2)23(26)14-9-19-15-22(18-7-5-17(3)6-8-18)25(24-19)20-10-12-21(27-4)13-11-20/h5-8,10-13,15-16,23,26H,1-4H3. The summed E-state index contributed by atoms with van der Waals surface area (Å²) in [5.41, 5.74) is 4.75. The van der Waals surface area contributed by atoms with Gasteiger partial charge in [-0.05, 0) is 43.0 Å². The monoisotopic (exact) mass is 360 g/mol. The predicted octanol–water partition coefficient (Wildman–Crippen LogP) is 4.22. The number of ether oxygens (including phenoxy) is 1. The first-order valence-electron chi connectivity index (χ1n) is 8.99. The summed E-state index contributed by atoms with van der Waals surface area (Å²) >= 11 is 0. The summed E-state index contributed by atoms with van der Waals surface area (Å²) < 4.78 is 7.12. The Morgan fingerprint density at radius 1 is 1.04 bits per heavy atom. The number of nitrogens with zero attached hydrogens (tertiary/aromatic N) is 2. The number of aliphatic hydroxyl groups excluding tert-OH is 1. The van der Waals surface area contributed by atoms with Crippen LogP contribution in [0.25, 0.3) is 16.9 Å². The van der Waals surface area contributed by atoms with E-state index in [1.807, 2.05) is 48.9 Å². The van der Waals surface area contributed by atoms with Gasteiger partial charge in [0.15, 0.2) is 0 Å². The third-order valence-corrected chi connectivity index (χ3v) is 4.35. The number of aromatic nitrogens is 2. The van der Waals surface area contributed by atoms with Crippen LogP contribution in [0.4, 0.5) is 0 Å². The van der Waals surface area contributed by atoms with Crippen molar-refractivity contribution < 1.29 is 9.84 Å². The molecule has 138 valence electrons. The fourth-order valence-electron chi connectivity index (χ4n) is 2.61. The van der Waals surface area contributed by atoms with Gasteiger partial charge in [-0.3, -0.25) is 0 Å². The van der Waals surface area contributed by atoms with Gasteiger partial charge in [-0.2, -0.15) is 5.10 Å². The maximum atomic E-state index is 9.96. The number of rotatable bonds is 4. The Bertz CT molecular complexity index is 958. The first-order valence-corrected chi connectivity index (χ1v) is 8.99. The van der Waals surface area contributed by atoms with Crippen LogP contribution in [0, 0.1) is 24.7 Å². The quantitative estimate of drug-likeness (QED) is 0.709. The second-order valence-corrected chi connectivity index (χ2v) is 6.85. The Labute approximate surface area is 160 Å². The summed E-state index contributed by atoms with van der Waals surface area (Å²) in [4.78, 5) is 0. The molecule has 0 spiro atoms. The van der Waals surface area contributed by atoms with E-state index in [-0.39, 0.29) is 5.92 Å². The van der Waals surface area contributed by atoms with Crippen LogP contribution < -0.4 is 4.74 Å². The molecular weight excluding hydrogens is 336 g/mol. The Morgan fingerprint density at radius 3 is 2.30 bits per heavy atom. The zero-order valence-electron chi connectivity index (χ0n) is 16.1. The molecule has 0 bridgehead atoms. The van der Waals surface area contributed by atoms with E-state index in [0.29, 0.717) is 5.69 Å². The molecule has 27 heavy (non-hydrogen) atoms. The van der Waals surface area contributed by atoms with E-state index >= 15 is 0 Å². The molecule has 0 amide bonds. The van der Waals surface area contributed by atoms with Crippen LogP contribution in [0.3, 0.4) is 0 Å². The lowest BCUT2D eigenvalue weighted by molar-refractivity contribution is 0.181. The van der Waals surface area contributed by atoms with Crippen LogP contribution >= 0.6 is 0 Å². The molecule has 4 nitrogen and oxygen atoms in total. The average molecular weight is 360 g/mol. The second kappa shape index (κ2) is 8.11. The number of hydrogen-bond donors (Lipinski definition) is 1. The Kier molecular flexibility index (Phi) is 5.63. The molecule has 3 rings (SSSR count). The van der Waals surface area contributed by atoms with Crippen molar-refractivity contribution >= 4 is 0 Å². The smallest absolute Gasteiger partial charge is 0.136 e. The molecule has 0 fully saturated rings. The fourth-order valence-corrected chi connectivity index (χ4v) is 2.61. The normalized spacial score (nSPS) is 11.8. The summed E-state index contributed by atoms with van der Waals surface area (Å²) in [5.74, 6) is 6.76. The minimum Gasteiger partial charge on any atom is -0.497 e. The SMILES string of the molecule is COc1ccc(-n2nc(C#CC(O)C(C)C)cc2-c2ccc(C)cc2)cc1. The molecule has 2 aromatic carbocycles. The maximum absolute atomic E-state index is 9.96. The van der Waals surface area contributed by atoms with E-state index in [1.165, 1.54) is 5.56 Å². The lowest BCUT2D eigenvalue weighted by atomic mass is 10.1. The lowest BCUT2D eigenvalue weighted by Crippen LogP contribution is -2.11. The third-order valence-electron chi connectivity index (χ3n) is 4.35. The van der Waals surface area contributed by atoms with E-state index in [2.05, 4.69) is 48.1 Å². The molecule has 0 aliphatic rings. The molecule has 1 aromatic heterocycles. The fraction of sp³-hybridized carbons (Fsp3) is 0.261. The Morgan fingerprint density at radius 2 is 1.70 bits per heavy atom. The molecule has 4 heteroatoms. The molecule has 0 aliphatic heterocycles. The summed E-state index contributed by atoms with van der Waals surface area (Å²) in [6.07, 6.45) is -0.668. The molecular formula is C23H24N2O2. The van der Waals surface area contributed by atoms with Crippen LogP contribution in [-0.4, -0.2) is 28.1 Å². The van der Waals surface area contributed by atoms with Gasteiger partial charge in [-0.1, -0.05) is 49.6 Å². The highest BCUT2D eigenvalue weighted by molar-refractivity contribution is 5.64. The van der Waals surface area contributed by atoms with Gasteiger partial charge in [0, 0.05) is 11.6 Å². The van der Waals surface area contributed by atoms with Crippen LogP contribution in [0.15, 0.2) is 54.6 Å². The van der Waals surface area contributed by atoms with Crippen molar-refractivity contribution in [3.05, 3.63) is 65.9 Å². The summed E-state index contributed by atoms with van der Waals surface area (Å²) in [7, 11) is 1.65. The first-order chi connectivity index (χ1) is 13.0. The molecule has 1 N–H and O–H groups in total. The molecule has 0 saturated heterocycles. The summed E-state index contributed by atoms with van der Waals surface area (Å²) in [6.45, 7) is 5.94. The van der Waals surface area contributed by atoms with Crippen LogP contribution in [0.2, 0.25) is 0 Å². The van der Waals surface area contributed by atoms with Crippen molar-refractivity contribution in [2.75, 3.05) is 7.11 Å². The number of hydrogen-bond acceptors (Lipinski definition) is 3. The van der Waals surface area contributed by atoms with Crippen molar-refractivity contribution in [1.29, 1.82) is 0 Å². The van der Waals surface area contributed by atoms with E-state index in [4.69, 9.17) is 4.74 Å². The van der Waals surface area contributed by atoms with Gasteiger partial charge in [-0.25, -0.2) is 4.68 Å². The Balaban J connectivity index is 2.07. The van der Waals surface area contributed by atoms with Crippen LogP contribution in [0.5, 0.6) is 5.75 Å². The zero-order chi connectivity index (χ0) is 19.4. The highest BCUT2D eigenvalue weighted by atomic mass is 16.5. The van der Waals surface area contributed by atoms with Crippen molar-refractivity contribution in [1.82, 2.24) is 9.78 Å². The van der Waals surface area contributed by atoms with E-state index in [1.54, 1.807) is 7.11 Å². The molecule has 1 unspecified atom stereocenters. The first kappa shape index (κ1) is 18.8. The van der Waals surface area contributed by atoms with Crippen molar-refractivity contribution in [3.63, 3.8) is 0 Å². The maximum Gasteiger partial charge on any atom is 0.136 e. The number of benzene rings is 2. The summed E-state index contributed by atoms with van der Waals surface area (Å²) in [6, 6.07) is 18.0. The summed E-state index contributed by atoms with van der Waals surface area (Å²) in [5, 5.41) is 14.6. The van der Waals surface area contributed by atoms with Gasteiger partial charge in [-0.15, -0.1) is 0 Å². The highest BCUT2D eigenvalue weighted by Gasteiger charge is 2.12. The molecule has 0 saturated carbocycles. The van der Waals surface area contributed by atoms with Gasteiger partial charge in [0.2, 0.25) is 0 Å². The zero-order valence-corrected chi connectivity index (χ0v) is 16.1. The topological polar surface area (TPSA) is 47.3 Å². The minimum absolute atomic E-state index is 0.0812. The molecule has 1 heterocycles. The van der Waals surface area contributed by atoms with Gasteiger partial charge in [0.1, 0.15) is 17.5 Å². The van der Waals surface area contributed by atoms with Crippen molar-refractivity contribution in [2.24, 2.45) is 5.92 Å². The average Bonchev–Trinajstić information content (AvgIpc) is 3.11. The third kappa shape index (κ3) is 4.39. The van der Waals surface area contributed by atoms with E-state index in [0.717, 1.165) is 22.7 Å². The Hall–Kier alpha value is -3.03. The molecule has 0 radical (unpaired) electrons. The molecule has 3 aromatic rings. The second-order valence-electron chi connectivity index (χ2n) is 6.85. The van der Waals surface area contributed by atoms with Gasteiger partial charge in [0.25, 0.3) is 0 Å². The van der Waals surface area contributed by atoms with Crippen LogP contribution in [0.1, 0.15) is 25.1 Å². The van der Waals surface area contributed by atoms with Gasteiger partial charge >= 0.3 is 0 Å². The largest absolute Gasteiger partial charge is 0.497 e. The van der Waals surface area contributed by atoms with Gasteiger partial charge < -0.3 is 9.84 Å². The number of methoxy groups -OCH3 is 1. The minimum atomic E-state index is -0.668. The van der Waals surface area contributed by atoms with Crippen molar-refractivity contribution in [3.8, 4) is 34.5 Å². The van der Waals surface area contributed by atoms with E-state index in [9.17, 15) is 5.11 Å². The molecule has 1 atom stereocenters. The highest BCUT2D eigenvalue weighted by Crippen LogP contribution is 2.25. The van der Waals surface area contributed by atoms with Crippen LogP contribution in [-0.2, 0) is 0 Å². The number of aliphatic hydroxyl groups is 1. The van der Waals surface area contributed by atoms with Gasteiger partial charge in [0.05, 0.1) is 18.5 Å². The molecule has 0 aliphatic carbocycles. The lowest BCUT2D eigenvalue weighted by Gasteiger charge is -2.08. The van der Waals surface area contributed by atoms with E-state index < -0.39 is 6.10 Å². The predicted molar refractivity (Wildman–Crippen MR) is 108 cm³/mol.